The van der Waals surface area contributed by atoms with E-state index in [9.17, 15) is 14.3 Å². The molecule has 0 amide bonds. The number of carboxylic acids is 1. The van der Waals surface area contributed by atoms with Crippen LogP contribution < -0.4 is 4.74 Å². The number of aromatic nitrogens is 1. The first-order chi connectivity index (χ1) is 16.9. The quantitative estimate of drug-likeness (QED) is 0.380. The standard InChI is InChI=1S/C27H36F2N2O3S/c1-34-19-6-7-24-21(16-19)26(23(29)18-30-24)22(28)8-9-27(17-25(32)33)10-12-31(13-11-27)14-15-35-20-4-2-3-5-20/h6-7,16,18,20,22H,2-5,8-15,17H2,1H3,(H,32,33). The zero-order valence-electron chi connectivity index (χ0n) is 20.5. The molecule has 1 unspecified atom stereocenters. The lowest BCUT2D eigenvalue weighted by atomic mass is 9.71. The summed E-state index contributed by atoms with van der Waals surface area (Å²) in [4.78, 5) is 18.2. The maximum Gasteiger partial charge on any atom is 0.303 e. The van der Waals surface area contributed by atoms with Crippen LogP contribution in [-0.2, 0) is 4.79 Å². The van der Waals surface area contributed by atoms with E-state index in [-0.39, 0.29) is 18.4 Å². The highest BCUT2D eigenvalue weighted by Gasteiger charge is 2.37. The third-order valence-electron chi connectivity index (χ3n) is 7.82. The van der Waals surface area contributed by atoms with Gasteiger partial charge in [0.15, 0.2) is 0 Å². The van der Waals surface area contributed by atoms with Crippen molar-refractivity contribution in [1.29, 1.82) is 0 Å². The van der Waals surface area contributed by atoms with Gasteiger partial charge in [0, 0.05) is 28.5 Å². The second-order valence-corrected chi connectivity index (χ2v) is 11.5. The maximum atomic E-state index is 15.5. The molecule has 1 saturated carbocycles. The van der Waals surface area contributed by atoms with Gasteiger partial charge in [-0.05, 0) is 75.2 Å². The van der Waals surface area contributed by atoms with E-state index in [0.717, 1.165) is 49.7 Å². The lowest BCUT2D eigenvalue weighted by Gasteiger charge is -2.41. The van der Waals surface area contributed by atoms with Crippen LogP contribution in [-0.4, -0.2) is 58.7 Å². The normalized spacial score (nSPS) is 19.7. The second-order valence-electron chi connectivity index (χ2n) is 10.1. The van der Waals surface area contributed by atoms with Crippen LogP contribution in [0.25, 0.3) is 10.9 Å². The molecule has 0 bridgehead atoms. The Labute approximate surface area is 210 Å². The number of thioether (sulfide) groups is 1. The number of likely N-dealkylation sites (tertiary alicyclic amines) is 1. The first kappa shape index (κ1) is 26.1. The van der Waals surface area contributed by atoms with Gasteiger partial charge in [0.2, 0.25) is 0 Å². The number of benzene rings is 1. The summed E-state index contributed by atoms with van der Waals surface area (Å²) in [6, 6.07) is 5.02. The van der Waals surface area contributed by atoms with Crippen LogP contribution in [0.15, 0.2) is 24.4 Å². The van der Waals surface area contributed by atoms with Crippen LogP contribution in [0.3, 0.4) is 0 Å². The minimum Gasteiger partial charge on any atom is -0.497 e. The van der Waals surface area contributed by atoms with Gasteiger partial charge in [0.1, 0.15) is 17.7 Å². The van der Waals surface area contributed by atoms with E-state index < -0.39 is 23.4 Å². The lowest BCUT2D eigenvalue weighted by Crippen LogP contribution is -2.42. The Hall–Kier alpha value is -1.93. The van der Waals surface area contributed by atoms with Gasteiger partial charge < -0.3 is 14.7 Å². The number of nitrogens with zero attached hydrogens (tertiary/aromatic N) is 2. The summed E-state index contributed by atoms with van der Waals surface area (Å²) in [5.74, 6) is 0.0938. The SMILES string of the molecule is COc1ccc2ncc(F)c(C(F)CCC3(CC(=O)O)CCN(CCSC4CCCC4)CC3)c2c1. The molecule has 1 aliphatic carbocycles. The number of alkyl halides is 1. The van der Waals surface area contributed by atoms with Gasteiger partial charge in [-0.15, -0.1) is 0 Å². The number of carbonyl (C=O) groups is 1. The first-order valence-corrected chi connectivity index (χ1v) is 13.8. The van der Waals surface area contributed by atoms with Gasteiger partial charge in [-0.3, -0.25) is 9.78 Å². The predicted molar refractivity (Wildman–Crippen MR) is 136 cm³/mol. The third kappa shape index (κ3) is 6.64. The van der Waals surface area contributed by atoms with Crippen molar-refractivity contribution in [2.45, 2.75) is 69.2 Å². The van der Waals surface area contributed by atoms with E-state index in [1.807, 2.05) is 0 Å². The maximum absolute atomic E-state index is 15.5. The number of hydrogen-bond donors (Lipinski definition) is 1. The van der Waals surface area contributed by atoms with Gasteiger partial charge in [-0.1, -0.05) is 12.8 Å². The third-order valence-corrected chi connectivity index (χ3v) is 9.18. The fourth-order valence-corrected chi connectivity index (χ4v) is 7.04. The van der Waals surface area contributed by atoms with Crippen LogP contribution >= 0.6 is 11.8 Å². The summed E-state index contributed by atoms with van der Waals surface area (Å²) in [5.41, 5.74) is 0.0389. The number of hydrogen-bond acceptors (Lipinski definition) is 5. The number of piperidine rings is 1. The molecule has 1 atom stereocenters. The molecule has 1 aromatic heterocycles. The van der Waals surface area contributed by atoms with Gasteiger partial charge in [0.25, 0.3) is 0 Å². The van der Waals surface area contributed by atoms with Crippen molar-refractivity contribution in [2.75, 3.05) is 32.5 Å². The molecule has 2 heterocycles. The van der Waals surface area contributed by atoms with Crippen LogP contribution in [0.5, 0.6) is 5.75 Å². The Bertz CT molecular complexity index is 1010. The Kier molecular flexibility index (Phi) is 8.87. The monoisotopic (exact) mass is 506 g/mol. The summed E-state index contributed by atoms with van der Waals surface area (Å²) >= 11 is 2.07. The highest BCUT2D eigenvalue weighted by Crippen LogP contribution is 2.43. The van der Waals surface area contributed by atoms with Crippen molar-refractivity contribution in [3.05, 3.63) is 35.8 Å². The number of methoxy groups -OCH3 is 1. The number of pyridine rings is 1. The number of halogens is 2. The summed E-state index contributed by atoms with van der Waals surface area (Å²) in [5, 5.41) is 10.8. The molecule has 0 spiro atoms. The Morgan fingerprint density at radius 1 is 1.31 bits per heavy atom. The summed E-state index contributed by atoms with van der Waals surface area (Å²) in [7, 11) is 1.51. The molecular weight excluding hydrogens is 470 g/mol. The van der Waals surface area contributed by atoms with Crippen molar-refractivity contribution < 1.29 is 23.4 Å². The van der Waals surface area contributed by atoms with Gasteiger partial charge in [0.05, 0.1) is 25.2 Å². The van der Waals surface area contributed by atoms with Crippen molar-refractivity contribution in [2.24, 2.45) is 5.41 Å². The van der Waals surface area contributed by atoms with E-state index in [1.165, 1.54) is 32.8 Å². The zero-order chi connectivity index (χ0) is 24.8. The minimum atomic E-state index is -1.54. The zero-order valence-corrected chi connectivity index (χ0v) is 21.3. The minimum absolute atomic E-state index is 0.0132. The van der Waals surface area contributed by atoms with Crippen LogP contribution in [0, 0.1) is 11.2 Å². The van der Waals surface area contributed by atoms with E-state index in [2.05, 4.69) is 21.6 Å². The second kappa shape index (κ2) is 11.9. The summed E-state index contributed by atoms with van der Waals surface area (Å²) in [6.45, 7) is 2.69. The lowest BCUT2D eigenvalue weighted by molar-refractivity contribution is -0.141. The highest BCUT2D eigenvalue weighted by molar-refractivity contribution is 7.99. The number of rotatable bonds is 11. The summed E-state index contributed by atoms with van der Waals surface area (Å²) < 4.78 is 35.5. The van der Waals surface area contributed by atoms with Crippen molar-refractivity contribution in [1.82, 2.24) is 9.88 Å². The smallest absolute Gasteiger partial charge is 0.303 e. The molecule has 2 fully saturated rings. The Balaban J connectivity index is 1.39. The molecule has 1 aliphatic heterocycles. The van der Waals surface area contributed by atoms with Crippen LogP contribution in [0.2, 0.25) is 0 Å². The largest absolute Gasteiger partial charge is 0.497 e. The van der Waals surface area contributed by atoms with E-state index in [0.29, 0.717) is 23.1 Å². The highest BCUT2D eigenvalue weighted by atomic mass is 32.2. The molecule has 2 aliphatic rings. The van der Waals surface area contributed by atoms with E-state index in [1.54, 1.807) is 18.2 Å². The molecule has 4 rings (SSSR count). The molecule has 1 N–H and O–H groups in total. The van der Waals surface area contributed by atoms with Crippen molar-refractivity contribution >= 4 is 28.6 Å². The Morgan fingerprint density at radius 3 is 2.74 bits per heavy atom. The fourth-order valence-electron chi connectivity index (χ4n) is 5.68. The van der Waals surface area contributed by atoms with Crippen molar-refractivity contribution in [3.8, 4) is 5.75 Å². The molecular formula is C27H36F2N2O3S. The number of fused-ring (bicyclic) bond motifs is 1. The van der Waals surface area contributed by atoms with Gasteiger partial charge in [-0.25, -0.2) is 8.78 Å². The van der Waals surface area contributed by atoms with E-state index >= 15 is 4.39 Å². The molecule has 0 radical (unpaired) electrons. The molecule has 35 heavy (non-hydrogen) atoms. The molecule has 192 valence electrons. The topological polar surface area (TPSA) is 62.7 Å². The average Bonchev–Trinajstić information content (AvgIpc) is 3.36. The molecule has 1 aromatic carbocycles. The molecule has 2 aromatic rings. The molecule has 8 heteroatoms. The molecule has 1 saturated heterocycles. The van der Waals surface area contributed by atoms with Gasteiger partial charge >= 0.3 is 5.97 Å². The predicted octanol–water partition coefficient (Wildman–Crippen LogP) is 6.41. The number of carboxylic acid groups (broad SMARTS) is 1. The van der Waals surface area contributed by atoms with Crippen molar-refractivity contribution in [3.63, 3.8) is 0 Å². The van der Waals surface area contributed by atoms with Gasteiger partial charge in [-0.2, -0.15) is 11.8 Å². The van der Waals surface area contributed by atoms with Crippen LogP contribution in [0.1, 0.15) is 69.5 Å². The molecule has 5 nitrogen and oxygen atoms in total. The number of ether oxygens (including phenoxy) is 1. The average molecular weight is 507 g/mol. The first-order valence-electron chi connectivity index (χ1n) is 12.7. The Morgan fingerprint density at radius 2 is 2.06 bits per heavy atom. The summed E-state index contributed by atoms with van der Waals surface area (Å²) in [6.07, 6.45) is 6.86. The number of aliphatic carboxylic acids is 1. The fraction of sp³-hybridized carbons (Fsp3) is 0.630. The van der Waals surface area contributed by atoms with E-state index in [4.69, 9.17) is 4.74 Å². The van der Waals surface area contributed by atoms with Crippen LogP contribution in [0.4, 0.5) is 8.78 Å².